The largest absolute Gasteiger partial charge is 0.426 e. The minimum atomic E-state index is -0.338. The average molecular weight is 240 g/mol. The zero-order valence-electron chi connectivity index (χ0n) is 9.91. The lowest BCUT2D eigenvalue weighted by molar-refractivity contribution is -0.131. The van der Waals surface area contributed by atoms with Crippen LogP contribution in [0.4, 0.5) is 0 Å². The molecule has 0 N–H and O–H groups in total. The van der Waals surface area contributed by atoms with Gasteiger partial charge in [-0.05, 0) is 18.2 Å². The molecule has 1 heterocycles. The zero-order chi connectivity index (χ0) is 12.8. The lowest BCUT2D eigenvalue weighted by atomic mass is 10.2. The van der Waals surface area contributed by atoms with Crippen molar-refractivity contribution in [1.82, 2.24) is 9.97 Å². The smallest absolute Gasteiger partial charge is 0.308 e. The highest BCUT2D eigenvalue weighted by Crippen LogP contribution is 2.20. The number of ether oxygens (including phenoxy) is 1. The van der Waals surface area contributed by atoms with Crippen LogP contribution in [0.5, 0.6) is 5.75 Å². The molecule has 0 aliphatic rings. The van der Waals surface area contributed by atoms with Gasteiger partial charge in [0.1, 0.15) is 5.75 Å². The Morgan fingerprint density at radius 3 is 2.78 bits per heavy atom. The molecule has 1 aromatic heterocycles. The van der Waals surface area contributed by atoms with Crippen LogP contribution in [0, 0.1) is 0 Å². The molecule has 0 aliphatic heterocycles. The normalized spacial score (nSPS) is 10.5. The van der Waals surface area contributed by atoms with Crippen LogP contribution >= 0.6 is 0 Å². The Labute approximate surface area is 105 Å². The third kappa shape index (κ3) is 3.25. The summed E-state index contributed by atoms with van der Waals surface area (Å²) in [6.07, 6.45) is 8.55. The van der Waals surface area contributed by atoms with Gasteiger partial charge in [-0.2, -0.15) is 0 Å². The highest BCUT2D eigenvalue weighted by atomic mass is 16.5. The molecular formula is C14H12N2O2. The van der Waals surface area contributed by atoms with Crippen molar-refractivity contribution in [2.45, 2.75) is 6.92 Å². The second-order valence-corrected chi connectivity index (χ2v) is 3.60. The van der Waals surface area contributed by atoms with Gasteiger partial charge in [-0.3, -0.25) is 14.8 Å². The van der Waals surface area contributed by atoms with E-state index in [4.69, 9.17) is 4.74 Å². The molecule has 0 saturated heterocycles. The predicted molar refractivity (Wildman–Crippen MR) is 68.7 cm³/mol. The van der Waals surface area contributed by atoms with Crippen molar-refractivity contribution in [3.8, 4) is 5.75 Å². The van der Waals surface area contributed by atoms with Crippen molar-refractivity contribution in [2.75, 3.05) is 0 Å². The van der Waals surface area contributed by atoms with Gasteiger partial charge < -0.3 is 4.74 Å². The van der Waals surface area contributed by atoms with Crippen LogP contribution in [0.25, 0.3) is 12.2 Å². The number of rotatable bonds is 3. The molecule has 0 unspecified atom stereocenters. The molecule has 0 atom stereocenters. The number of carbonyl (C=O) groups excluding carboxylic acids is 1. The molecule has 0 amide bonds. The fourth-order valence-electron chi connectivity index (χ4n) is 1.44. The summed E-state index contributed by atoms with van der Waals surface area (Å²) in [5.41, 5.74) is 1.56. The summed E-state index contributed by atoms with van der Waals surface area (Å²) >= 11 is 0. The molecule has 0 aliphatic carbocycles. The Bertz CT molecular complexity index is 565. The van der Waals surface area contributed by atoms with Gasteiger partial charge in [-0.25, -0.2) is 0 Å². The Morgan fingerprint density at radius 2 is 2.06 bits per heavy atom. The van der Waals surface area contributed by atoms with Gasteiger partial charge in [-0.1, -0.05) is 18.2 Å². The fourth-order valence-corrected chi connectivity index (χ4v) is 1.44. The zero-order valence-corrected chi connectivity index (χ0v) is 9.91. The van der Waals surface area contributed by atoms with E-state index in [1.54, 1.807) is 24.7 Å². The number of esters is 1. The Kier molecular flexibility index (Phi) is 3.81. The fraction of sp³-hybridized carbons (Fsp3) is 0.0714. The second-order valence-electron chi connectivity index (χ2n) is 3.60. The number of hydrogen-bond acceptors (Lipinski definition) is 4. The van der Waals surface area contributed by atoms with Crippen molar-refractivity contribution in [2.24, 2.45) is 0 Å². The summed E-state index contributed by atoms with van der Waals surface area (Å²) in [4.78, 5) is 19.1. The van der Waals surface area contributed by atoms with Gasteiger partial charge in [0.05, 0.1) is 11.9 Å². The van der Waals surface area contributed by atoms with E-state index in [-0.39, 0.29) is 5.97 Å². The van der Waals surface area contributed by atoms with Gasteiger partial charge in [0.2, 0.25) is 0 Å². The summed E-state index contributed by atoms with van der Waals surface area (Å²) in [5, 5.41) is 0. The highest BCUT2D eigenvalue weighted by Gasteiger charge is 2.02. The van der Waals surface area contributed by atoms with Crippen LogP contribution in [0.15, 0.2) is 42.9 Å². The number of aromatic nitrogens is 2. The summed E-state index contributed by atoms with van der Waals surface area (Å²) in [6.45, 7) is 1.38. The minimum Gasteiger partial charge on any atom is -0.426 e. The van der Waals surface area contributed by atoms with Gasteiger partial charge in [-0.15, -0.1) is 0 Å². The number of benzene rings is 1. The maximum atomic E-state index is 11.0. The lowest BCUT2D eigenvalue weighted by Gasteiger charge is -2.04. The van der Waals surface area contributed by atoms with Crippen molar-refractivity contribution >= 4 is 18.1 Å². The van der Waals surface area contributed by atoms with Gasteiger partial charge in [0.15, 0.2) is 0 Å². The van der Waals surface area contributed by atoms with Crippen molar-refractivity contribution in [1.29, 1.82) is 0 Å². The van der Waals surface area contributed by atoms with E-state index in [2.05, 4.69) is 9.97 Å². The summed E-state index contributed by atoms with van der Waals surface area (Å²) in [6, 6.07) is 7.31. The quantitative estimate of drug-likeness (QED) is 0.611. The number of nitrogens with zero attached hydrogens (tertiary/aromatic N) is 2. The topological polar surface area (TPSA) is 52.1 Å². The van der Waals surface area contributed by atoms with E-state index in [0.717, 1.165) is 11.3 Å². The maximum absolute atomic E-state index is 11.0. The first kappa shape index (κ1) is 12.0. The number of hydrogen-bond donors (Lipinski definition) is 0. The highest BCUT2D eigenvalue weighted by molar-refractivity contribution is 5.75. The average Bonchev–Trinajstić information content (AvgIpc) is 2.38. The van der Waals surface area contributed by atoms with E-state index in [9.17, 15) is 4.79 Å². The number of carbonyl (C=O) groups is 1. The number of para-hydroxylation sites is 1. The molecule has 0 fully saturated rings. The first-order valence-corrected chi connectivity index (χ1v) is 5.47. The first-order valence-electron chi connectivity index (χ1n) is 5.47. The molecule has 4 nitrogen and oxygen atoms in total. The van der Waals surface area contributed by atoms with Crippen LogP contribution in [-0.4, -0.2) is 15.9 Å². The molecule has 18 heavy (non-hydrogen) atoms. The van der Waals surface area contributed by atoms with Gasteiger partial charge in [0.25, 0.3) is 0 Å². The van der Waals surface area contributed by atoms with E-state index in [0.29, 0.717) is 5.75 Å². The van der Waals surface area contributed by atoms with E-state index < -0.39 is 0 Å². The Hall–Kier alpha value is -2.49. The molecule has 2 aromatic rings. The van der Waals surface area contributed by atoms with Crippen molar-refractivity contribution in [3.63, 3.8) is 0 Å². The SMILES string of the molecule is CC(=O)Oc1ccccc1C=Cc1cnccn1. The molecule has 0 radical (unpaired) electrons. The summed E-state index contributed by atoms with van der Waals surface area (Å²) in [7, 11) is 0. The molecule has 0 spiro atoms. The van der Waals surface area contributed by atoms with Crippen molar-refractivity contribution < 1.29 is 9.53 Å². The molecule has 0 bridgehead atoms. The Morgan fingerprint density at radius 1 is 1.22 bits per heavy atom. The summed E-state index contributed by atoms with van der Waals surface area (Å²) in [5.74, 6) is 0.195. The third-order valence-electron chi connectivity index (χ3n) is 2.19. The lowest BCUT2D eigenvalue weighted by Crippen LogP contribution is -2.02. The predicted octanol–water partition coefficient (Wildman–Crippen LogP) is 2.57. The maximum Gasteiger partial charge on any atom is 0.308 e. The van der Waals surface area contributed by atoms with Crippen LogP contribution < -0.4 is 4.74 Å². The molecule has 2 rings (SSSR count). The van der Waals surface area contributed by atoms with E-state index in [1.165, 1.54) is 6.92 Å². The summed E-state index contributed by atoms with van der Waals surface area (Å²) < 4.78 is 5.11. The molecule has 90 valence electrons. The molecular weight excluding hydrogens is 228 g/mol. The molecule has 1 aromatic carbocycles. The monoisotopic (exact) mass is 240 g/mol. The van der Waals surface area contributed by atoms with Crippen LogP contribution in [0.1, 0.15) is 18.2 Å². The van der Waals surface area contributed by atoms with Crippen LogP contribution in [0.2, 0.25) is 0 Å². The van der Waals surface area contributed by atoms with E-state index >= 15 is 0 Å². The second kappa shape index (κ2) is 5.72. The standard InChI is InChI=1S/C14H12N2O2/c1-11(17)18-14-5-3-2-4-12(14)6-7-13-10-15-8-9-16-13/h2-10H,1H3. The van der Waals surface area contributed by atoms with Gasteiger partial charge in [0, 0.05) is 24.9 Å². The molecule has 0 saturated carbocycles. The molecule has 4 heteroatoms. The van der Waals surface area contributed by atoms with E-state index in [1.807, 2.05) is 30.4 Å². The van der Waals surface area contributed by atoms with Crippen LogP contribution in [-0.2, 0) is 4.79 Å². The third-order valence-corrected chi connectivity index (χ3v) is 2.19. The minimum absolute atomic E-state index is 0.338. The van der Waals surface area contributed by atoms with Crippen molar-refractivity contribution in [3.05, 3.63) is 54.1 Å². The van der Waals surface area contributed by atoms with Gasteiger partial charge >= 0.3 is 5.97 Å². The van der Waals surface area contributed by atoms with Crippen LogP contribution in [0.3, 0.4) is 0 Å². The first-order chi connectivity index (χ1) is 8.75. The Balaban J connectivity index is 2.23.